The van der Waals surface area contributed by atoms with Crippen LogP contribution in [0.4, 0.5) is 5.69 Å². The average Bonchev–Trinajstić information content (AvgIpc) is 3.17. The second-order valence-electron chi connectivity index (χ2n) is 8.52. The zero-order valence-electron chi connectivity index (χ0n) is 20.2. The summed E-state index contributed by atoms with van der Waals surface area (Å²) in [4.78, 5) is 31.0. The Bertz CT molecular complexity index is 1620. The zero-order valence-corrected chi connectivity index (χ0v) is 21.0. The molecule has 5 aromatic rings. The van der Waals surface area contributed by atoms with Gasteiger partial charge in [-0.1, -0.05) is 59.8 Å². The summed E-state index contributed by atoms with van der Waals surface area (Å²) in [7, 11) is 0. The number of carbonyl (C=O) groups is 1. The quantitative estimate of drug-likeness (QED) is 0.258. The van der Waals surface area contributed by atoms with Crippen LogP contribution in [0.15, 0.2) is 88.8 Å². The largest absolute Gasteiger partial charge is 0.322 e. The molecule has 1 amide bonds. The van der Waals surface area contributed by atoms with E-state index in [0.29, 0.717) is 27.4 Å². The lowest BCUT2D eigenvalue weighted by molar-refractivity contribution is -0.113. The molecule has 0 aliphatic heterocycles. The number of amides is 1. The maximum atomic E-state index is 13.3. The molecule has 36 heavy (non-hydrogen) atoms. The normalized spacial score (nSPS) is 11.1. The van der Waals surface area contributed by atoms with E-state index in [9.17, 15) is 9.59 Å². The number of rotatable bonds is 6. The molecule has 0 fully saturated rings. The number of aromatic nitrogens is 4. The topological polar surface area (TPSA) is 81.8 Å². The Morgan fingerprint density at radius 3 is 2.33 bits per heavy atom. The molecule has 2 aromatic heterocycles. The lowest BCUT2D eigenvalue weighted by atomic mass is 10.2. The van der Waals surface area contributed by atoms with Crippen molar-refractivity contribution in [1.82, 2.24) is 19.3 Å². The molecule has 8 heteroatoms. The molecule has 0 saturated heterocycles. The van der Waals surface area contributed by atoms with Gasteiger partial charge in [0, 0.05) is 0 Å². The van der Waals surface area contributed by atoms with Gasteiger partial charge >= 0.3 is 0 Å². The smallest absolute Gasteiger partial charge is 0.266 e. The summed E-state index contributed by atoms with van der Waals surface area (Å²) in [5, 5.41) is 8.62. The van der Waals surface area contributed by atoms with Crippen LogP contribution in [0.1, 0.15) is 17.0 Å². The number of para-hydroxylation sites is 2. The highest BCUT2D eigenvalue weighted by Crippen LogP contribution is 2.25. The lowest BCUT2D eigenvalue weighted by Crippen LogP contribution is -2.23. The van der Waals surface area contributed by atoms with Gasteiger partial charge < -0.3 is 5.32 Å². The van der Waals surface area contributed by atoms with E-state index >= 15 is 0 Å². The summed E-state index contributed by atoms with van der Waals surface area (Å²) in [5.74, 6) is -0.108. The number of thioether (sulfide) groups is 1. The van der Waals surface area contributed by atoms with Crippen molar-refractivity contribution < 1.29 is 4.79 Å². The predicted molar refractivity (Wildman–Crippen MR) is 144 cm³/mol. The summed E-state index contributed by atoms with van der Waals surface area (Å²) in [6.07, 6.45) is 0. The van der Waals surface area contributed by atoms with Crippen molar-refractivity contribution in [2.24, 2.45) is 0 Å². The van der Waals surface area contributed by atoms with Crippen LogP contribution in [-0.2, 0) is 4.79 Å². The van der Waals surface area contributed by atoms with Crippen molar-refractivity contribution in [2.45, 2.75) is 25.9 Å². The van der Waals surface area contributed by atoms with Gasteiger partial charge in [-0.2, -0.15) is 5.10 Å². The van der Waals surface area contributed by atoms with Crippen molar-refractivity contribution in [2.75, 3.05) is 11.1 Å². The van der Waals surface area contributed by atoms with Gasteiger partial charge in [0.05, 0.1) is 45.1 Å². The molecule has 5 rings (SSSR count). The van der Waals surface area contributed by atoms with Gasteiger partial charge in [0.2, 0.25) is 5.91 Å². The van der Waals surface area contributed by atoms with Gasteiger partial charge in [0.1, 0.15) is 0 Å². The van der Waals surface area contributed by atoms with Gasteiger partial charge in [-0.25, -0.2) is 9.67 Å². The Morgan fingerprint density at radius 1 is 0.889 bits per heavy atom. The molecule has 1 N–H and O–H groups in total. The Labute approximate surface area is 212 Å². The number of carbonyl (C=O) groups excluding carboxylic acids is 1. The summed E-state index contributed by atoms with van der Waals surface area (Å²) in [5.41, 5.74) is 5.51. The molecular formula is C28H25N5O2S. The number of nitrogens with zero attached hydrogens (tertiary/aromatic N) is 4. The van der Waals surface area contributed by atoms with Crippen LogP contribution in [0.5, 0.6) is 0 Å². The molecule has 0 spiro atoms. The molecule has 0 radical (unpaired) electrons. The van der Waals surface area contributed by atoms with Crippen LogP contribution in [-0.4, -0.2) is 31.0 Å². The van der Waals surface area contributed by atoms with E-state index in [1.54, 1.807) is 10.6 Å². The highest BCUT2D eigenvalue weighted by Gasteiger charge is 2.18. The standard InChI is InChI=1S/C28H25N5O2S/c1-18-13-15-22(16-14-18)33-20(3)26(19(2)31-33)30-25(34)17-36-28-29-24-12-8-7-11-23(24)27(35)32(28)21-9-5-4-6-10-21/h4-16H,17H2,1-3H3,(H,30,34). The van der Waals surface area contributed by atoms with Crippen molar-refractivity contribution in [3.8, 4) is 11.4 Å². The number of anilines is 1. The fraction of sp³-hybridized carbons (Fsp3) is 0.143. The summed E-state index contributed by atoms with van der Waals surface area (Å²) in [6, 6.07) is 24.7. The third-order valence-electron chi connectivity index (χ3n) is 5.93. The highest BCUT2D eigenvalue weighted by atomic mass is 32.2. The second-order valence-corrected chi connectivity index (χ2v) is 9.46. The molecule has 7 nitrogen and oxygen atoms in total. The van der Waals surface area contributed by atoms with E-state index in [0.717, 1.165) is 17.1 Å². The van der Waals surface area contributed by atoms with Gasteiger partial charge in [-0.15, -0.1) is 0 Å². The fourth-order valence-electron chi connectivity index (χ4n) is 4.08. The van der Waals surface area contributed by atoms with E-state index in [1.165, 1.54) is 17.3 Å². The minimum atomic E-state index is -0.198. The number of nitrogens with one attached hydrogen (secondary N) is 1. The zero-order chi connectivity index (χ0) is 25.2. The van der Waals surface area contributed by atoms with Gasteiger partial charge in [-0.3, -0.25) is 14.2 Å². The number of benzene rings is 3. The van der Waals surface area contributed by atoms with E-state index in [4.69, 9.17) is 4.98 Å². The minimum absolute atomic E-state index is 0.0895. The minimum Gasteiger partial charge on any atom is -0.322 e. The monoisotopic (exact) mass is 495 g/mol. The third kappa shape index (κ3) is 4.55. The first-order chi connectivity index (χ1) is 17.4. The molecule has 0 aliphatic rings. The molecule has 0 aliphatic carbocycles. The second kappa shape index (κ2) is 9.83. The van der Waals surface area contributed by atoms with Crippen LogP contribution < -0.4 is 10.9 Å². The van der Waals surface area contributed by atoms with Crippen molar-refractivity contribution in [3.05, 3.63) is 106 Å². The first-order valence-electron chi connectivity index (χ1n) is 11.6. The number of fused-ring (bicyclic) bond motifs is 1. The van der Waals surface area contributed by atoms with Gasteiger partial charge in [-0.05, 0) is 57.2 Å². The van der Waals surface area contributed by atoms with Crippen molar-refractivity contribution in [3.63, 3.8) is 0 Å². The molecule has 2 heterocycles. The van der Waals surface area contributed by atoms with E-state index in [-0.39, 0.29) is 17.2 Å². The third-order valence-corrected chi connectivity index (χ3v) is 6.86. The first-order valence-corrected chi connectivity index (χ1v) is 12.5. The highest BCUT2D eigenvalue weighted by molar-refractivity contribution is 7.99. The average molecular weight is 496 g/mol. The van der Waals surface area contributed by atoms with Crippen LogP contribution in [0.3, 0.4) is 0 Å². The maximum Gasteiger partial charge on any atom is 0.266 e. The van der Waals surface area contributed by atoms with Crippen LogP contribution in [0, 0.1) is 20.8 Å². The molecule has 0 saturated carbocycles. The molecule has 0 bridgehead atoms. The van der Waals surface area contributed by atoms with Crippen molar-refractivity contribution in [1.29, 1.82) is 0 Å². The molecular weight excluding hydrogens is 470 g/mol. The Balaban J connectivity index is 1.41. The fourth-order valence-corrected chi connectivity index (χ4v) is 4.89. The Hall–Kier alpha value is -4.17. The molecule has 3 aromatic carbocycles. The first kappa shape index (κ1) is 23.6. The van der Waals surface area contributed by atoms with Crippen molar-refractivity contribution >= 4 is 34.3 Å². The molecule has 0 unspecified atom stereocenters. The number of hydrogen-bond acceptors (Lipinski definition) is 5. The molecule has 180 valence electrons. The molecule has 0 atom stereocenters. The van der Waals surface area contributed by atoms with E-state index < -0.39 is 0 Å². The Morgan fingerprint density at radius 2 is 1.58 bits per heavy atom. The number of aryl methyl sites for hydroxylation is 2. The van der Waals surface area contributed by atoms with Gasteiger partial charge in [0.25, 0.3) is 5.56 Å². The van der Waals surface area contributed by atoms with E-state index in [2.05, 4.69) is 10.4 Å². The summed E-state index contributed by atoms with van der Waals surface area (Å²) < 4.78 is 3.39. The van der Waals surface area contributed by atoms with E-state index in [1.807, 2.05) is 98.2 Å². The van der Waals surface area contributed by atoms with Crippen LogP contribution >= 0.6 is 11.8 Å². The summed E-state index contributed by atoms with van der Waals surface area (Å²) in [6.45, 7) is 5.84. The van der Waals surface area contributed by atoms with Crippen LogP contribution in [0.2, 0.25) is 0 Å². The Kier molecular flexibility index (Phi) is 6.43. The summed E-state index contributed by atoms with van der Waals surface area (Å²) >= 11 is 1.23. The number of hydrogen-bond donors (Lipinski definition) is 1. The lowest BCUT2D eigenvalue weighted by Gasteiger charge is -2.13. The SMILES string of the molecule is Cc1ccc(-n2nc(C)c(NC(=O)CSc3nc4ccccc4c(=O)n3-c3ccccc3)c2C)cc1. The van der Waals surface area contributed by atoms with Gasteiger partial charge in [0.15, 0.2) is 5.16 Å². The van der Waals surface area contributed by atoms with Crippen LogP contribution in [0.25, 0.3) is 22.3 Å². The maximum absolute atomic E-state index is 13.3. The predicted octanol–water partition coefficient (Wildman–Crippen LogP) is 5.23.